The van der Waals surface area contributed by atoms with Crippen molar-refractivity contribution in [3.63, 3.8) is 0 Å². The van der Waals surface area contributed by atoms with E-state index in [0.717, 1.165) is 0 Å². The van der Waals surface area contributed by atoms with Crippen molar-refractivity contribution < 1.29 is 16.7 Å². The van der Waals surface area contributed by atoms with Crippen molar-refractivity contribution in [2.45, 2.75) is 0 Å². The molecular formula is C5H14CaNO3PS2. The maximum atomic E-state index is 10.8. The smallest absolute Gasteiger partial charge is 1.00 e. The number of hydrogen-bond acceptors (Lipinski definition) is 5. The number of rotatable bonds is 5. The Morgan fingerprint density at radius 1 is 1.62 bits per heavy atom. The van der Waals surface area contributed by atoms with Gasteiger partial charge in [0.15, 0.2) is 0 Å². The van der Waals surface area contributed by atoms with E-state index in [4.69, 9.17) is 20.9 Å². The molecule has 0 aromatic rings. The van der Waals surface area contributed by atoms with Crippen LogP contribution in [0, 0.1) is 0 Å². The fourth-order valence-electron chi connectivity index (χ4n) is 0.390. The molecule has 0 aromatic carbocycles. The van der Waals surface area contributed by atoms with Crippen molar-refractivity contribution in [1.29, 1.82) is 0 Å². The van der Waals surface area contributed by atoms with Crippen LogP contribution in [0.2, 0.25) is 0 Å². The monoisotopic (exact) mass is 271 g/mol. The first-order chi connectivity index (χ1) is 5.58. The molecule has 76 valence electrons. The van der Waals surface area contributed by atoms with E-state index in [0.29, 0.717) is 0 Å². The Bertz CT molecular complexity index is 205. The van der Waals surface area contributed by atoms with Crippen molar-refractivity contribution in [3.05, 3.63) is 0 Å². The molecular weight excluding hydrogens is 257 g/mol. The second kappa shape index (κ2) is 8.92. The van der Waals surface area contributed by atoms with Gasteiger partial charge >= 0.3 is 37.7 Å². The molecule has 0 aromatic heterocycles. The van der Waals surface area contributed by atoms with Gasteiger partial charge < -0.3 is 17.2 Å². The molecule has 0 unspecified atom stereocenters. The normalized spacial score (nSPS) is 10.4. The average molecular weight is 271 g/mol. The van der Waals surface area contributed by atoms with Crippen LogP contribution in [-0.4, -0.2) is 70.7 Å². The van der Waals surface area contributed by atoms with Crippen molar-refractivity contribution in [3.8, 4) is 0 Å². The molecule has 8 heteroatoms. The maximum Gasteiger partial charge on any atom is 2.00 e. The molecule has 4 nitrogen and oxygen atoms in total. The summed E-state index contributed by atoms with van der Waals surface area (Å²) < 4.78 is 9.94. The van der Waals surface area contributed by atoms with Crippen molar-refractivity contribution in [1.82, 2.24) is 5.32 Å². The quantitative estimate of drug-likeness (QED) is 0.593. The molecule has 1 amide bonds. The molecule has 0 atom stereocenters. The van der Waals surface area contributed by atoms with Gasteiger partial charge in [-0.25, -0.2) is 0 Å². The molecule has 0 saturated carbocycles. The summed E-state index contributed by atoms with van der Waals surface area (Å²) in [5.41, 5.74) is -2.26. The van der Waals surface area contributed by atoms with Crippen molar-refractivity contribution in [2.24, 2.45) is 0 Å². The van der Waals surface area contributed by atoms with Gasteiger partial charge in [0, 0.05) is 21.3 Å². The van der Waals surface area contributed by atoms with Gasteiger partial charge in [0.2, 0.25) is 11.6 Å². The Hall–Kier alpha value is 1.65. The van der Waals surface area contributed by atoms with Crippen molar-refractivity contribution >= 4 is 72.5 Å². The molecule has 13 heavy (non-hydrogen) atoms. The zero-order valence-electron chi connectivity index (χ0n) is 9.90. The third-order valence-corrected chi connectivity index (χ3v) is 6.76. The first-order valence-electron chi connectivity index (χ1n) is 3.14. The van der Waals surface area contributed by atoms with Gasteiger partial charge in [-0.05, 0) is 11.8 Å². The Morgan fingerprint density at radius 3 is 2.38 bits per heavy atom. The zero-order valence-corrected chi connectivity index (χ0v) is 12.6. The molecule has 0 rings (SSSR count). The zero-order chi connectivity index (χ0) is 9.61. The third-order valence-electron chi connectivity index (χ3n) is 1.08. The van der Waals surface area contributed by atoms with Crippen LogP contribution in [0.25, 0.3) is 0 Å². The van der Waals surface area contributed by atoms with Crippen LogP contribution in [0.15, 0.2) is 0 Å². The van der Waals surface area contributed by atoms with Crippen LogP contribution in [0.4, 0.5) is 0 Å². The first-order valence-corrected chi connectivity index (χ1v) is 7.37. The number of nitrogens with one attached hydrogen (secondary N) is 1. The molecule has 0 heterocycles. The third kappa shape index (κ3) is 7.56. The van der Waals surface area contributed by atoms with Gasteiger partial charge in [-0.3, -0.25) is 4.79 Å². The number of carbonyl (C=O) groups excluding carboxylic acids is 1. The molecule has 0 aliphatic heterocycles. The van der Waals surface area contributed by atoms with E-state index in [9.17, 15) is 4.79 Å². The van der Waals surface area contributed by atoms with E-state index in [2.05, 4.69) is 5.32 Å². The Kier molecular flexibility index (Phi) is 11.7. The summed E-state index contributed by atoms with van der Waals surface area (Å²) in [4.78, 5) is 10.8. The van der Waals surface area contributed by atoms with E-state index < -0.39 is 5.69 Å². The van der Waals surface area contributed by atoms with Crippen LogP contribution >= 0.6 is 17.1 Å². The average Bonchev–Trinajstić information content (AvgIpc) is 2.13. The molecule has 0 bridgehead atoms. The van der Waals surface area contributed by atoms with Crippen LogP contribution in [0.5, 0.6) is 0 Å². The second-order valence-corrected chi connectivity index (χ2v) is 8.28. The van der Waals surface area contributed by atoms with Crippen LogP contribution in [0.1, 0.15) is 2.85 Å². The summed E-state index contributed by atoms with van der Waals surface area (Å²) in [5.74, 6) is 0.193. The maximum absolute atomic E-state index is 10.8. The van der Waals surface area contributed by atoms with E-state index in [-0.39, 0.29) is 52.3 Å². The van der Waals surface area contributed by atoms with Crippen LogP contribution in [0.3, 0.4) is 0 Å². The van der Waals surface area contributed by atoms with Gasteiger partial charge in [-0.2, -0.15) is 0 Å². The molecule has 1 N–H and O–H groups in total. The van der Waals surface area contributed by atoms with Crippen LogP contribution in [-0.2, 0) is 25.6 Å². The molecule has 0 aliphatic carbocycles. The molecule has 0 spiro atoms. The summed E-state index contributed by atoms with van der Waals surface area (Å²) in [6.45, 7) is 0. The van der Waals surface area contributed by atoms with Gasteiger partial charge in [-0.1, -0.05) is 11.4 Å². The summed E-state index contributed by atoms with van der Waals surface area (Å²) >= 11 is 6.25. The summed E-state index contributed by atoms with van der Waals surface area (Å²) in [5, 5.41) is 2.49. The minimum absolute atomic E-state index is 0. The number of amides is 1. The SMILES string of the molecule is CNC(=O)CSP(=S)(OC)OC.[Ca+2].[H-].[H-]. The first kappa shape index (κ1) is 17.1. The van der Waals surface area contributed by atoms with Crippen molar-refractivity contribution in [2.75, 3.05) is 27.0 Å². The standard InChI is InChI=1S/C5H12NO3PS2.Ca.2H/c1-6-5(7)4-12-10(11,8-2)9-3;;;/h4H2,1-3H3,(H,6,7);;;/q;+2;2*-1. The minimum Gasteiger partial charge on any atom is -1.00 e. The topological polar surface area (TPSA) is 47.6 Å². The number of hydrogen-bond donors (Lipinski definition) is 1. The fraction of sp³-hybridized carbons (Fsp3) is 0.800. The summed E-state index contributed by atoms with van der Waals surface area (Å²) in [6, 6.07) is 0. The Balaban J connectivity index is -0.000000202. The van der Waals surface area contributed by atoms with E-state index in [1.165, 1.54) is 25.6 Å². The van der Waals surface area contributed by atoms with E-state index >= 15 is 0 Å². The van der Waals surface area contributed by atoms with Gasteiger partial charge in [0.25, 0.3) is 0 Å². The Labute approximate surface area is 120 Å². The fourth-order valence-corrected chi connectivity index (χ4v) is 3.10. The van der Waals surface area contributed by atoms with Crippen LogP contribution < -0.4 is 5.32 Å². The predicted octanol–water partition coefficient (Wildman–Crippen LogP) is 0.827. The molecule has 0 aliphatic rings. The second-order valence-electron chi connectivity index (χ2n) is 1.76. The summed E-state index contributed by atoms with van der Waals surface area (Å²) in [6.07, 6.45) is 0. The molecule has 0 radical (unpaired) electrons. The van der Waals surface area contributed by atoms with Gasteiger partial charge in [-0.15, -0.1) is 0 Å². The predicted molar refractivity (Wildman–Crippen MR) is 62.8 cm³/mol. The van der Waals surface area contributed by atoms with Gasteiger partial charge in [0.05, 0.1) is 5.75 Å². The Morgan fingerprint density at radius 2 is 2.08 bits per heavy atom. The van der Waals surface area contributed by atoms with Gasteiger partial charge in [0.1, 0.15) is 0 Å². The van der Waals surface area contributed by atoms with E-state index in [1.807, 2.05) is 0 Å². The molecule has 0 fully saturated rings. The van der Waals surface area contributed by atoms with E-state index in [1.54, 1.807) is 7.05 Å². The largest absolute Gasteiger partial charge is 2.00 e. The minimum atomic E-state index is -2.26. The number of carbonyl (C=O) groups is 1. The molecule has 0 saturated heterocycles. The summed E-state index contributed by atoms with van der Waals surface area (Å²) in [7, 11) is 4.55.